The molecular weight excluding hydrogens is 493 g/mol. The van der Waals surface area contributed by atoms with E-state index in [0.717, 1.165) is 32.7 Å². The van der Waals surface area contributed by atoms with Crippen LogP contribution in [0.1, 0.15) is 27.7 Å². The first kappa shape index (κ1) is 22.3. The van der Waals surface area contributed by atoms with Crippen molar-refractivity contribution in [2.24, 2.45) is 0 Å². The van der Waals surface area contributed by atoms with Crippen LogP contribution in [0.15, 0.2) is 71.0 Å². The molecule has 0 bridgehead atoms. The molecule has 1 radical (unpaired) electrons. The van der Waals surface area contributed by atoms with Crippen LogP contribution in [0.25, 0.3) is 21.6 Å². The van der Waals surface area contributed by atoms with Crippen LogP contribution in [0.4, 0.5) is 4.39 Å². The maximum Gasteiger partial charge on any atom is 0.278 e. The van der Waals surface area contributed by atoms with E-state index in [1.165, 1.54) is 12.1 Å². The van der Waals surface area contributed by atoms with Crippen molar-refractivity contribution in [1.82, 2.24) is 9.58 Å². The zero-order valence-electron chi connectivity index (χ0n) is 19.6. The van der Waals surface area contributed by atoms with Gasteiger partial charge < -0.3 is 14.4 Å². The van der Waals surface area contributed by atoms with Gasteiger partial charge in [-0.05, 0) is 45.8 Å². The first-order valence-electron chi connectivity index (χ1n) is 11.9. The minimum Gasteiger partial charge on any atom is -0.484 e. The maximum absolute atomic E-state index is 14.7. The Kier molecular flexibility index (Phi) is 4.99. The van der Waals surface area contributed by atoms with Crippen LogP contribution in [-0.2, 0) is 4.74 Å². The summed E-state index contributed by atoms with van der Waals surface area (Å²) in [5.74, 6) is -0.752. The number of rotatable bonds is 2. The number of thiophene rings is 1. The Morgan fingerprint density at radius 3 is 2.73 bits per heavy atom. The van der Waals surface area contributed by atoms with Gasteiger partial charge in [-0.15, -0.1) is 11.3 Å². The lowest BCUT2D eigenvalue weighted by Gasteiger charge is -2.51. The molecule has 2 aromatic carbocycles. The molecule has 7 rings (SSSR count). The fourth-order valence-corrected chi connectivity index (χ4v) is 6.74. The molecule has 4 heterocycles. The second-order valence-electron chi connectivity index (χ2n) is 9.17. The van der Waals surface area contributed by atoms with Crippen molar-refractivity contribution in [2.45, 2.75) is 12.2 Å². The number of halogens is 1. The Bertz CT molecular complexity index is 1630. The monoisotopic (exact) mass is 514 g/mol. The van der Waals surface area contributed by atoms with E-state index in [1.807, 2.05) is 34.7 Å². The van der Waals surface area contributed by atoms with E-state index in [2.05, 4.69) is 19.2 Å². The summed E-state index contributed by atoms with van der Waals surface area (Å²) in [5, 5.41) is 4.06. The number of morpholine rings is 1. The van der Waals surface area contributed by atoms with E-state index in [9.17, 15) is 14.0 Å². The predicted molar refractivity (Wildman–Crippen MR) is 138 cm³/mol. The fraction of sp³-hybridized carbons (Fsp3) is 0.179. The quantitative estimate of drug-likeness (QED) is 0.397. The lowest BCUT2D eigenvalue weighted by atomic mass is 9.92. The lowest BCUT2D eigenvalue weighted by Crippen LogP contribution is -2.66. The van der Waals surface area contributed by atoms with Gasteiger partial charge in [0.25, 0.3) is 5.91 Å². The molecule has 1 fully saturated rings. The summed E-state index contributed by atoms with van der Waals surface area (Å²) >= 11 is 1.61. The molecule has 0 saturated carbocycles. The lowest BCUT2D eigenvalue weighted by molar-refractivity contribution is -0.0196. The SMILES string of the molecule is [CH2]Oc1c2n(ccc1=O)N([C@H]1c3ccc(F)cc3-c3ccsc3-c3ccccc31)[C@@H]1COCCN1C2=O. The van der Waals surface area contributed by atoms with Crippen molar-refractivity contribution in [3.8, 4) is 27.3 Å². The van der Waals surface area contributed by atoms with E-state index in [1.54, 1.807) is 33.2 Å². The number of amides is 1. The summed E-state index contributed by atoms with van der Waals surface area (Å²) in [6, 6.07) is 15.9. The number of fused-ring (bicyclic) bond motifs is 7. The molecule has 9 heteroatoms. The third-order valence-electron chi connectivity index (χ3n) is 7.33. The molecule has 1 amide bonds. The number of ether oxygens (including phenoxy) is 2. The molecule has 0 unspecified atom stereocenters. The van der Waals surface area contributed by atoms with Gasteiger partial charge in [0.1, 0.15) is 19.1 Å². The van der Waals surface area contributed by atoms with Gasteiger partial charge in [0.15, 0.2) is 11.4 Å². The highest BCUT2D eigenvalue weighted by atomic mass is 32.1. The second kappa shape index (κ2) is 8.29. The van der Waals surface area contributed by atoms with Crippen LogP contribution in [0.2, 0.25) is 0 Å². The largest absolute Gasteiger partial charge is 0.484 e. The molecular formula is C28H21FN3O4S. The molecule has 2 atom stereocenters. The number of carbonyl (C=O) groups excluding carboxylic acids is 1. The standard InChI is InChI=1S/C28H21FN3O4S/c1-35-26-22(33)8-10-31-25(26)28(34)30-11-12-36-15-23(30)32(31)24-17-4-2-3-5-19(17)27-20(9-13-37-27)21-14-16(29)6-7-18(21)24/h2-10,13-14,23-24H,1,11-12,15H2/t23-,24-/m1/s1. The van der Waals surface area contributed by atoms with E-state index in [-0.39, 0.29) is 29.8 Å². The topological polar surface area (TPSA) is 64.0 Å². The summed E-state index contributed by atoms with van der Waals surface area (Å²) < 4.78 is 27.4. The zero-order chi connectivity index (χ0) is 25.3. The van der Waals surface area contributed by atoms with Crippen molar-refractivity contribution in [3.05, 3.63) is 106 Å². The molecule has 1 aliphatic carbocycles. The predicted octanol–water partition coefficient (Wildman–Crippen LogP) is 4.41. The summed E-state index contributed by atoms with van der Waals surface area (Å²) in [5.41, 5.74) is 4.35. The Hall–Kier alpha value is -3.95. The van der Waals surface area contributed by atoms with Crippen LogP contribution in [-0.4, -0.2) is 41.4 Å². The van der Waals surface area contributed by atoms with Gasteiger partial charge in [-0.25, -0.2) is 4.39 Å². The fourth-order valence-electron chi connectivity index (χ4n) is 5.78. The van der Waals surface area contributed by atoms with Gasteiger partial charge in [-0.3, -0.25) is 19.3 Å². The molecule has 7 nitrogen and oxygen atoms in total. The van der Waals surface area contributed by atoms with E-state index >= 15 is 0 Å². The van der Waals surface area contributed by atoms with Crippen molar-refractivity contribution in [2.75, 3.05) is 24.8 Å². The van der Waals surface area contributed by atoms with E-state index in [0.29, 0.717) is 13.2 Å². The van der Waals surface area contributed by atoms with Crippen LogP contribution in [0.5, 0.6) is 5.75 Å². The molecule has 3 aliphatic rings. The number of aromatic nitrogens is 1. The number of nitrogens with zero attached hydrogens (tertiary/aromatic N) is 3. The van der Waals surface area contributed by atoms with Gasteiger partial charge in [-0.2, -0.15) is 0 Å². The average molecular weight is 515 g/mol. The number of hydrogen-bond donors (Lipinski definition) is 0. The summed E-state index contributed by atoms with van der Waals surface area (Å²) in [6.07, 6.45) is 1.12. The first-order valence-corrected chi connectivity index (χ1v) is 12.8. The van der Waals surface area contributed by atoms with Crippen LogP contribution >= 0.6 is 11.3 Å². The van der Waals surface area contributed by atoms with Crippen LogP contribution in [0, 0.1) is 12.9 Å². The Morgan fingerprint density at radius 1 is 1.03 bits per heavy atom. The van der Waals surface area contributed by atoms with Gasteiger partial charge in [0.05, 0.1) is 19.3 Å². The Balaban J connectivity index is 1.57. The molecule has 185 valence electrons. The van der Waals surface area contributed by atoms with Gasteiger partial charge in [0, 0.05) is 29.2 Å². The normalized spacial score (nSPS) is 19.8. The minimum atomic E-state index is -0.471. The van der Waals surface area contributed by atoms with Gasteiger partial charge in [0.2, 0.25) is 5.43 Å². The number of carbonyl (C=O) groups is 1. The number of pyridine rings is 1. The molecule has 0 N–H and O–H groups in total. The highest BCUT2D eigenvalue weighted by molar-refractivity contribution is 7.14. The summed E-state index contributed by atoms with van der Waals surface area (Å²) in [6.45, 7) is 1.01. The maximum atomic E-state index is 14.7. The molecule has 37 heavy (non-hydrogen) atoms. The second-order valence-corrected chi connectivity index (χ2v) is 10.1. The van der Waals surface area contributed by atoms with Crippen molar-refractivity contribution >= 4 is 17.2 Å². The Labute approximate surface area is 215 Å². The highest BCUT2D eigenvalue weighted by Gasteiger charge is 2.46. The number of benzene rings is 2. The molecule has 4 aromatic rings. The van der Waals surface area contributed by atoms with Crippen molar-refractivity contribution in [3.63, 3.8) is 0 Å². The van der Waals surface area contributed by atoms with Gasteiger partial charge in [-0.1, -0.05) is 30.3 Å². The van der Waals surface area contributed by atoms with E-state index < -0.39 is 17.6 Å². The molecule has 0 spiro atoms. The van der Waals surface area contributed by atoms with Crippen molar-refractivity contribution in [1.29, 1.82) is 0 Å². The Morgan fingerprint density at radius 2 is 1.86 bits per heavy atom. The highest BCUT2D eigenvalue weighted by Crippen LogP contribution is 2.50. The van der Waals surface area contributed by atoms with E-state index in [4.69, 9.17) is 9.47 Å². The van der Waals surface area contributed by atoms with Crippen LogP contribution < -0.4 is 15.2 Å². The number of hydrogen-bond acceptors (Lipinski definition) is 6. The van der Waals surface area contributed by atoms with Crippen molar-refractivity contribution < 1.29 is 18.7 Å². The minimum absolute atomic E-state index is 0.109. The summed E-state index contributed by atoms with van der Waals surface area (Å²) in [7, 11) is 3.45. The molecule has 2 aromatic heterocycles. The molecule has 2 aliphatic heterocycles. The third-order valence-corrected chi connectivity index (χ3v) is 8.28. The first-order chi connectivity index (χ1) is 18.1. The molecule has 1 saturated heterocycles. The summed E-state index contributed by atoms with van der Waals surface area (Å²) in [4.78, 5) is 29.1. The van der Waals surface area contributed by atoms with Gasteiger partial charge >= 0.3 is 0 Å². The average Bonchev–Trinajstić information content (AvgIpc) is 3.38. The van der Waals surface area contributed by atoms with Crippen LogP contribution in [0.3, 0.4) is 0 Å². The third kappa shape index (κ3) is 3.14. The smallest absolute Gasteiger partial charge is 0.278 e. The zero-order valence-corrected chi connectivity index (χ0v) is 20.4.